The smallest absolute Gasteiger partial charge is 0.140 e. The lowest BCUT2D eigenvalue weighted by Crippen LogP contribution is -2.39. The molecule has 0 radical (unpaired) electrons. The zero-order valence-electron chi connectivity index (χ0n) is 18.2. The van der Waals surface area contributed by atoms with Gasteiger partial charge in [0.05, 0.1) is 17.8 Å². The van der Waals surface area contributed by atoms with Crippen molar-refractivity contribution in [2.24, 2.45) is 7.05 Å². The van der Waals surface area contributed by atoms with Crippen LogP contribution in [0.25, 0.3) is 11.1 Å². The molecule has 0 unspecified atom stereocenters. The van der Waals surface area contributed by atoms with E-state index in [1.165, 1.54) is 11.1 Å². The second-order valence-electron chi connectivity index (χ2n) is 8.78. The first-order chi connectivity index (χ1) is 14.9. The molecule has 1 aliphatic heterocycles. The Hall–Kier alpha value is -2.34. The van der Waals surface area contributed by atoms with Crippen molar-refractivity contribution in [2.45, 2.75) is 44.9 Å². The summed E-state index contributed by atoms with van der Waals surface area (Å²) in [6.07, 6.45) is 1.37. The Balaban J connectivity index is 1.43. The third-order valence-electron chi connectivity index (χ3n) is 6.77. The van der Waals surface area contributed by atoms with Gasteiger partial charge in [0.2, 0.25) is 0 Å². The van der Waals surface area contributed by atoms with Crippen LogP contribution in [0.4, 0.5) is 0 Å². The molecule has 0 amide bonds. The van der Waals surface area contributed by atoms with Crippen molar-refractivity contribution >= 4 is 11.6 Å². The van der Waals surface area contributed by atoms with Crippen molar-refractivity contribution in [1.82, 2.24) is 14.7 Å². The third kappa shape index (κ3) is 3.75. The minimum absolute atomic E-state index is 0.105. The van der Waals surface area contributed by atoms with Crippen molar-refractivity contribution in [3.05, 3.63) is 70.0 Å². The first kappa shape index (κ1) is 20.6. The minimum atomic E-state index is -0.252. The number of rotatable bonds is 4. The summed E-state index contributed by atoms with van der Waals surface area (Å²) in [6.45, 7) is 5.73. The second-order valence-corrected chi connectivity index (χ2v) is 9.22. The first-order valence-corrected chi connectivity index (χ1v) is 11.3. The zero-order valence-corrected chi connectivity index (χ0v) is 18.9. The van der Waals surface area contributed by atoms with E-state index in [1.807, 2.05) is 42.9 Å². The van der Waals surface area contributed by atoms with Crippen LogP contribution in [-0.2, 0) is 13.5 Å². The lowest BCUT2D eigenvalue weighted by molar-refractivity contribution is 0.0818. The summed E-state index contributed by atoms with van der Waals surface area (Å²) in [7, 11) is 1.97. The topological polar surface area (TPSA) is 50.5 Å². The summed E-state index contributed by atoms with van der Waals surface area (Å²) in [6, 6.07) is 14.6. The molecule has 5 rings (SSSR count). The van der Waals surface area contributed by atoms with Crippen LogP contribution in [-0.4, -0.2) is 45.0 Å². The van der Waals surface area contributed by atoms with Crippen molar-refractivity contribution < 1.29 is 9.84 Å². The third-order valence-corrected chi connectivity index (χ3v) is 7.01. The molecule has 5 nitrogen and oxygen atoms in total. The Morgan fingerprint density at radius 2 is 1.90 bits per heavy atom. The molecule has 2 heterocycles. The van der Waals surface area contributed by atoms with Gasteiger partial charge in [-0.15, -0.1) is 0 Å². The molecule has 1 fully saturated rings. The molecule has 1 aliphatic carbocycles. The van der Waals surface area contributed by atoms with E-state index < -0.39 is 0 Å². The fourth-order valence-corrected chi connectivity index (χ4v) is 5.31. The van der Waals surface area contributed by atoms with Gasteiger partial charge in [-0.3, -0.25) is 9.58 Å². The van der Waals surface area contributed by atoms with Crippen LogP contribution in [0.5, 0.6) is 5.75 Å². The monoisotopic (exact) mass is 437 g/mol. The number of aliphatic hydroxyl groups is 1. The molecular formula is C25H28ClN3O2. The van der Waals surface area contributed by atoms with E-state index in [0.717, 1.165) is 52.7 Å². The molecular weight excluding hydrogens is 410 g/mol. The van der Waals surface area contributed by atoms with Crippen LogP contribution in [0.3, 0.4) is 0 Å². The van der Waals surface area contributed by atoms with Crippen LogP contribution in [0.2, 0.25) is 5.02 Å². The molecule has 2 aromatic carbocycles. The number of nitrogens with zero attached hydrogens (tertiary/aromatic N) is 3. The quantitative estimate of drug-likeness (QED) is 0.654. The van der Waals surface area contributed by atoms with E-state index in [9.17, 15) is 5.11 Å². The van der Waals surface area contributed by atoms with Gasteiger partial charge in [0, 0.05) is 36.4 Å². The van der Waals surface area contributed by atoms with E-state index in [1.54, 1.807) is 0 Å². The highest BCUT2D eigenvalue weighted by Gasteiger charge is 2.40. The predicted octanol–water partition coefficient (Wildman–Crippen LogP) is 4.47. The van der Waals surface area contributed by atoms with Crippen molar-refractivity contribution in [3.63, 3.8) is 0 Å². The number of hydrogen-bond acceptors (Lipinski definition) is 4. The molecule has 31 heavy (non-hydrogen) atoms. The van der Waals surface area contributed by atoms with Crippen LogP contribution >= 0.6 is 11.6 Å². The van der Waals surface area contributed by atoms with E-state index in [4.69, 9.17) is 16.3 Å². The zero-order chi connectivity index (χ0) is 21.7. The van der Waals surface area contributed by atoms with Gasteiger partial charge in [-0.2, -0.15) is 5.10 Å². The van der Waals surface area contributed by atoms with Gasteiger partial charge in [-0.25, -0.2) is 0 Å². The van der Waals surface area contributed by atoms with Gasteiger partial charge in [0.25, 0.3) is 0 Å². The highest BCUT2D eigenvalue weighted by molar-refractivity contribution is 6.30. The molecule has 0 saturated carbocycles. The summed E-state index contributed by atoms with van der Waals surface area (Å²) in [4.78, 5) is 2.36. The van der Waals surface area contributed by atoms with E-state index in [0.29, 0.717) is 6.54 Å². The molecule has 1 N–H and O–H groups in total. The maximum Gasteiger partial charge on any atom is 0.140 e. The molecule has 6 heteroatoms. The van der Waals surface area contributed by atoms with Crippen molar-refractivity contribution in [2.75, 3.05) is 13.1 Å². The van der Waals surface area contributed by atoms with Crippen LogP contribution in [0.15, 0.2) is 42.5 Å². The number of fused-ring (bicyclic) bond motifs is 1. The maximum absolute atomic E-state index is 10.1. The van der Waals surface area contributed by atoms with Gasteiger partial charge >= 0.3 is 0 Å². The lowest BCUT2D eigenvalue weighted by Gasteiger charge is -2.30. The van der Waals surface area contributed by atoms with Gasteiger partial charge in [-0.1, -0.05) is 29.8 Å². The van der Waals surface area contributed by atoms with Crippen molar-refractivity contribution in [3.8, 4) is 16.9 Å². The SMILES string of the molecule is Cc1nn(C)c(C)c1-c1ccc(O[C@@H]2c3cc(Cl)ccc3C[C@@H]2N2CC[C@@H](O)C2)cc1. The highest BCUT2D eigenvalue weighted by Crippen LogP contribution is 2.40. The molecule has 1 aromatic heterocycles. The Morgan fingerprint density at radius 3 is 2.55 bits per heavy atom. The summed E-state index contributed by atoms with van der Waals surface area (Å²) < 4.78 is 8.49. The molecule has 2 aliphatic rings. The number of benzene rings is 2. The standard InChI is InChI=1S/C25H28ClN3O2/c1-15-24(16(2)28(3)27-15)17-5-8-21(9-6-17)31-25-22-13-19(26)7-4-18(22)12-23(25)29-11-10-20(30)14-29/h4-9,13,20,23,25,30H,10-12,14H2,1-3H3/t20-,23+,25-/m1/s1. The van der Waals surface area contributed by atoms with Crippen LogP contribution < -0.4 is 4.74 Å². The Kier molecular flexibility index (Phi) is 5.29. The normalized spacial score (nSPS) is 23.3. The predicted molar refractivity (Wildman–Crippen MR) is 123 cm³/mol. The summed E-state index contributed by atoms with van der Waals surface area (Å²) >= 11 is 6.33. The Bertz CT molecular complexity index is 1110. The molecule has 0 bridgehead atoms. The molecule has 162 valence electrons. The first-order valence-electron chi connectivity index (χ1n) is 10.9. The number of aryl methyl sites for hydroxylation is 2. The van der Waals surface area contributed by atoms with Crippen LogP contribution in [0, 0.1) is 13.8 Å². The minimum Gasteiger partial charge on any atom is -0.484 e. The Morgan fingerprint density at radius 1 is 1.13 bits per heavy atom. The fourth-order valence-electron chi connectivity index (χ4n) is 5.13. The lowest BCUT2D eigenvalue weighted by atomic mass is 10.0. The highest BCUT2D eigenvalue weighted by atomic mass is 35.5. The number of hydrogen-bond donors (Lipinski definition) is 1. The van der Waals surface area contributed by atoms with Crippen LogP contribution in [0.1, 0.15) is 35.0 Å². The second kappa shape index (κ2) is 7.97. The van der Waals surface area contributed by atoms with Gasteiger partial charge in [0.1, 0.15) is 11.9 Å². The van der Waals surface area contributed by atoms with Gasteiger partial charge < -0.3 is 9.84 Å². The fraction of sp³-hybridized carbons (Fsp3) is 0.400. The maximum atomic E-state index is 10.1. The molecule has 1 saturated heterocycles. The number of aliphatic hydroxyl groups excluding tert-OH is 1. The van der Waals surface area contributed by atoms with E-state index in [2.05, 4.69) is 35.1 Å². The van der Waals surface area contributed by atoms with Gasteiger partial charge in [-0.05, 0) is 67.6 Å². The van der Waals surface area contributed by atoms with Gasteiger partial charge in [0.15, 0.2) is 0 Å². The summed E-state index contributed by atoms with van der Waals surface area (Å²) in [5, 5.41) is 15.3. The molecule has 3 atom stereocenters. The Labute approximate surface area is 188 Å². The number of halogens is 1. The van der Waals surface area contributed by atoms with E-state index in [-0.39, 0.29) is 18.2 Å². The summed E-state index contributed by atoms with van der Waals surface area (Å²) in [5.74, 6) is 0.838. The summed E-state index contributed by atoms with van der Waals surface area (Å²) in [5.41, 5.74) is 6.93. The number of aromatic nitrogens is 2. The largest absolute Gasteiger partial charge is 0.484 e. The van der Waals surface area contributed by atoms with E-state index >= 15 is 0 Å². The number of likely N-dealkylation sites (tertiary alicyclic amines) is 1. The van der Waals surface area contributed by atoms with Crippen molar-refractivity contribution in [1.29, 1.82) is 0 Å². The number of β-amino-alcohol motifs (C(OH)–C–C–N with tert-alkyl or cyclic N) is 1. The average Bonchev–Trinajstić information content (AvgIpc) is 3.39. The molecule has 0 spiro atoms. The molecule has 3 aromatic rings. The average molecular weight is 438 g/mol. The number of ether oxygens (including phenoxy) is 1.